The highest BCUT2D eigenvalue weighted by atomic mass is 32.2. The maximum absolute atomic E-state index is 12.2. The van der Waals surface area contributed by atoms with Gasteiger partial charge in [0, 0.05) is 30.6 Å². The number of pyridine rings is 1. The van der Waals surface area contributed by atoms with Gasteiger partial charge in [0.2, 0.25) is 0 Å². The number of nitrogens with zero attached hydrogens (tertiary/aromatic N) is 4. The lowest BCUT2D eigenvalue weighted by Gasteiger charge is -2.40. The van der Waals surface area contributed by atoms with Gasteiger partial charge in [-0.1, -0.05) is 0 Å². The molecule has 3 aromatic heterocycles. The van der Waals surface area contributed by atoms with E-state index in [4.69, 9.17) is 4.74 Å². The number of aromatic amines is 1. The molecule has 1 aliphatic carbocycles. The minimum Gasteiger partial charge on any atom is -0.771 e. The highest BCUT2D eigenvalue weighted by Crippen LogP contribution is 2.42. The molecule has 3 unspecified atom stereocenters. The first-order valence-corrected chi connectivity index (χ1v) is 12.2. The van der Waals surface area contributed by atoms with Gasteiger partial charge in [-0.25, -0.2) is 9.97 Å². The first-order valence-electron chi connectivity index (χ1n) is 11.0. The number of aromatic nitrogens is 4. The fraction of sp³-hybridized carbons (Fsp3) is 0.591. The molecule has 5 rings (SSSR count). The third kappa shape index (κ3) is 4.00. The Hall–Kier alpha value is -1.94. The molecule has 2 fully saturated rings. The molecule has 1 saturated heterocycles. The highest BCUT2D eigenvalue weighted by Gasteiger charge is 2.36. The summed E-state index contributed by atoms with van der Waals surface area (Å²) in [4.78, 5) is 10.9. The number of nitrogens with one attached hydrogen (secondary N) is 1. The molecule has 1 N–H and O–H groups in total. The van der Waals surface area contributed by atoms with E-state index < -0.39 is 16.5 Å². The second-order valence-electron chi connectivity index (χ2n) is 8.92. The second-order valence-corrected chi connectivity index (χ2v) is 9.93. The number of methoxy groups -OCH3 is 1. The van der Waals surface area contributed by atoms with E-state index in [-0.39, 0.29) is 5.92 Å². The van der Waals surface area contributed by atoms with Crippen molar-refractivity contribution in [1.29, 1.82) is 0 Å². The Bertz CT molecular complexity index is 1080. The summed E-state index contributed by atoms with van der Waals surface area (Å²) in [6, 6.07) is 2.01. The molecule has 0 bridgehead atoms. The van der Waals surface area contributed by atoms with Gasteiger partial charge in [-0.05, 0) is 79.1 Å². The summed E-state index contributed by atoms with van der Waals surface area (Å²) in [7, 11) is 1.71. The van der Waals surface area contributed by atoms with Crippen molar-refractivity contribution in [2.75, 3.05) is 26.8 Å². The van der Waals surface area contributed by atoms with Gasteiger partial charge in [0.15, 0.2) is 5.65 Å². The van der Waals surface area contributed by atoms with E-state index in [9.17, 15) is 8.76 Å². The number of hydrogen-bond donors (Lipinski definition) is 1. The SMILES string of the molecule is COCC1CCN(C(C2CCC(c3cn[nH]c4cnc5nccc5c34)CC2)S(=O)[O-])C1. The van der Waals surface area contributed by atoms with E-state index in [0.717, 1.165) is 67.1 Å². The van der Waals surface area contributed by atoms with Crippen molar-refractivity contribution in [3.63, 3.8) is 0 Å². The van der Waals surface area contributed by atoms with Crippen molar-refractivity contribution >= 4 is 33.0 Å². The molecule has 8 nitrogen and oxygen atoms in total. The normalized spacial score (nSPS) is 27.1. The molecule has 0 aromatic carbocycles. The van der Waals surface area contributed by atoms with Crippen LogP contribution in [0.3, 0.4) is 0 Å². The maximum atomic E-state index is 12.2. The van der Waals surface area contributed by atoms with Gasteiger partial charge in [-0.3, -0.25) is 14.2 Å². The zero-order valence-electron chi connectivity index (χ0n) is 17.7. The Morgan fingerprint density at radius 1 is 1.26 bits per heavy atom. The van der Waals surface area contributed by atoms with Crippen molar-refractivity contribution in [2.24, 2.45) is 11.8 Å². The molecule has 1 saturated carbocycles. The molecule has 0 radical (unpaired) electrons. The number of H-pyrrole nitrogens is 1. The standard InChI is InChI=1S/C22H29N5O3S/c1-30-13-14-7-9-27(12-14)22(31(28)29)16-4-2-15(3-5-16)18-10-25-26-19-11-24-21-17(20(18)19)6-8-23-21/h6,8,10-11,14-16,22,26H,2-5,7,9,12-13H2,1H3,(H,28,29)/p-1. The van der Waals surface area contributed by atoms with Gasteiger partial charge in [0.05, 0.1) is 29.9 Å². The monoisotopic (exact) mass is 442 g/mol. The molecule has 166 valence electrons. The van der Waals surface area contributed by atoms with E-state index in [0.29, 0.717) is 18.4 Å². The summed E-state index contributed by atoms with van der Waals surface area (Å²) in [5.74, 6) is 0.967. The predicted octanol–water partition coefficient (Wildman–Crippen LogP) is 2.95. The lowest BCUT2D eigenvalue weighted by Crippen LogP contribution is -2.43. The summed E-state index contributed by atoms with van der Waals surface area (Å²) < 4.78 is 29.7. The minimum absolute atomic E-state index is 0.174. The smallest absolute Gasteiger partial charge is 0.159 e. The Labute approximate surface area is 184 Å². The van der Waals surface area contributed by atoms with E-state index in [2.05, 4.69) is 25.1 Å². The Morgan fingerprint density at radius 3 is 2.87 bits per heavy atom. The average Bonchev–Trinajstić information content (AvgIpc) is 3.44. The summed E-state index contributed by atoms with van der Waals surface area (Å²) >= 11 is -2.10. The van der Waals surface area contributed by atoms with Crippen LogP contribution in [-0.4, -0.2) is 66.0 Å². The minimum atomic E-state index is -2.10. The van der Waals surface area contributed by atoms with Crippen LogP contribution in [0.15, 0.2) is 24.7 Å². The number of likely N-dealkylation sites (tertiary alicyclic amines) is 1. The lowest BCUT2D eigenvalue weighted by atomic mass is 9.78. The molecule has 31 heavy (non-hydrogen) atoms. The van der Waals surface area contributed by atoms with Crippen molar-refractivity contribution in [2.45, 2.75) is 43.4 Å². The Balaban J connectivity index is 1.34. The van der Waals surface area contributed by atoms with Crippen LogP contribution in [0.1, 0.15) is 43.6 Å². The van der Waals surface area contributed by atoms with Crippen LogP contribution >= 0.6 is 0 Å². The quantitative estimate of drug-likeness (QED) is 0.585. The highest BCUT2D eigenvalue weighted by molar-refractivity contribution is 7.79. The van der Waals surface area contributed by atoms with Crippen molar-refractivity contribution in [3.05, 3.63) is 30.2 Å². The van der Waals surface area contributed by atoms with Crippen molar-refractivity contribution in [3.8, 4) is 0 Å². The molecule has 0 spiro atoms. The van der Waals surface area contributed by atoms with E-state index in [1.165, 1.54) is 5.56 Å². The molecule has 4 heterocycles. The van der Waals surface area contributed by atoms with Gasteiger partial charge in [0.1, 0.15) is 0 Å². The van der Waals surface area contributed by atoms with Gasteiger partial charge < -0.3 is 9.29 Å². The fourth-order valence-electron chi connectivity index (χ4n) is 5.66. The second kappa shape index (κ2) is 8.90. The zero-order valence-corrected chi connectivity index (χ0v) is 18.5. The molecule has 2 aliphatic rings. The van der Waals surface area contributed by atoms with Crippen molar-refractivity contribution < 1.29 is 13.5 Å². The Kier molecular flexibility index (Phi) is 6.01. The van der Waals surface area contributed by atoms with E-state index >= 15 is 0 Å². The van der Waals surface area contributed by atoms with Crippen LogP contribution in [0.25, 0.3) is 21.9 Å². The molecule has 9 heteroatoms. The molecule has 3 aromatic rings. The topological polar surface area (TPSA) is 107 Å². The van der Waals surface area contributed by atoms with Gasteiger partial charge in [-0.15, -0.1) is 0 Å². The number of ether oxygens (including phenoxy) is 1. The zero-order chi connectivity index (χ0) is 21.4. The molecular formula is C22H28N5O3S-. The Morgan fingerprint density at radius 2 is 2.10 bits per heavy atom. The van der Waals surface area contributed by atoms with Crippen molar-refractivity contribution in [1.82, 2.24) is 25.1 Å². The number of rotatable bonds is 6. The van der Waals surface area contributed by atoms with Gasteiger partial charge in [0.25, 0.3) is 0 Å². The van der Waals surface area contributed by atoms with Crippen LogP contribution < -0.4 is 0 Å². The fourth-order valence-corrected chi connectivity index (χ4v) is 6.68. The first-order chi connectivity index (χ1) is 15.2. The molecule has 1 aliphatic heterocycles. The molecular weight excluding hydrogens is 414 g/mol. The van der Waals surface area contributed by atoms with Crippen LogP contribution in [0, 0.1) is 11.8 Å². The van der Waals surface area contributed by atoms with E-state index in [1.807, 2.05) is 12.3 Å². The number of hydrogen-bond acceptors (Lipinski definition) is 7. The maximum Gasteiger partial charge on any atom is 0.159 e. The first kappa shape index (κ1) is 20.9. The summed E-state index contributed by atoms with van der Waals surface area (Å²) in [6.45, 7) is 2.35. The largest absolute Gasteiger partial charge is 0.771 e. The molecule has 0 amide bonds. The van der Waals surface area contributed by atoms with Crippen LogP contribution in [0.4, 0.5) is 0 Å². The summed E-state index contributed by atoms with van der Waals surface area (Å²) in [5, 5.41) is 9.22. The predicted molar refractivity (Wildman–Crippen MR) is 118 cm³/mol. The van der Waals surface area contributed by atoms with Gasteiger partial charge >= 0.3 is 0 Å². The van der Waals surface area contributed by atoms with Gasteiger partial charge in [-0.2, -0.15) is 5.10 Å². The van der Waals surface area contributed by atoms with Crippen LogP contribution in [0.2, 0.25) is 0 Å². The van der Waals surface area contributed by atoms with Crippen LogP contribution in [-0.2, 0) is 15.8 Å². The average molecular weight is 443 g/mol. The summed E-state index contributed by atoms with van der Waals surface area (Å²) in [5.41, 5.74) is 2.89. The number of fused-ring (bicyclic) bond motifs is 3. The summed E-state index contributed by atoms with van der Waals surface area (Å²) in [6.07, 6.45) is 10.3. The third-order valence-corrected chi connectivity index (χ3v) is 8.18. The van der Waals surface area contributed by atoms with E-state index in [1.54, 1.807) is 19.5 Å². The lowest BCUT2D eigenvalue weighted by molar-refractivity contribution is 0.141. The van der Waals surface area contributed by atoms with Crippen LogP contribution in [0.5, 0.6) is 0 Å². The third-order valence-electron chi connectivity index (χ3n) is 7.10. The molecule has 3 atom stereocenters.